The van der Waals surface area contributed by atoms with E-state index in [1.165, 1.54) is 4.57 Å². The van der Waals surface area contributed by atoms with Crippen molar-refractivity contribution in [3.63, 3.8) is 0 Å². The molecule has 7 heteroatoms. The number of hydrogen-bond acceptors (Lipinski definition) is 5. The third-order valence-corrected chi connectivity index (χ3v) is 4.97. The molecule has 128 valence electrons. The molecule has 25 heavy (non-hydrogen) atoms. The third-order valence-electron chi connectivity index (χ3n) is 4.48. The highest BCUT2D eigenvalue weighted by atomic mass is 79.9. The van der Waals surface area contributed by atoms with E-state index >= 15 is 0 Å². The Balaban J connectivity index is 2.14. The fourth-order valence-electron chi connectivity index (χ4n) is 3.18. The van der Waals surface area contributed by atoms with Crippen LogP contribution < -0.4 is 5.56 Å². The van der Waals surface area contributed by atoms with Gasteiger partial charge in [0.1, 0.15) is 11.6 Å². The first kappa shape index (κ1) is 17.4. The average molecular weight is 401 g/mol. The van der Waals surface area contributed by atoms with Gasteiger partial charge in [-0.15, -0.1) is 5.11 Å². The average Bonchev–Trinajstić information content (AvgIpc) is 3.09. The SMILES string of the molecule is Cc1c(C#N)c(O)n(C2CCCC2)c(=O)c1N=Nc1cccc(Br)c1. The van der Waals surface area contributed by atoms with Crippen LogP contribution in [0.15, 0.2) is 43.8 Å². The van der Waals surface area contributed by atoms with Gasteiger partial charge in [-0.05, 0) is 38.0 Å². The van der Waals surface area contributed by atoms with E-state index in [9.17, 15) is 15.2 Å². The lowest BCUT2D eigenvalue weighted by molar-refractivity contribution is 0.368. The van der Waals surface area contributed by atoms with Gasteiger partial charge >= 0.3 is 0 Å². The summed E-state index contributed by atoms with van der Waals surface area (Å²) in [5.41, 5.74) is 0.709. The molecule has 1 aliphatic carbocycles. The van der Waals surface area contributed by atoms with E-state index in [0.717, 1.165) is 30.2 Å². The van der Waals surface area contributed by atoms with Gasteiger partial charge in [0.25, 0.3) is 5.56 Å². The van der Waals surface area contributed by atoms with E-state index in [0.29, 0.717) is 11.3 Å². The molecular weight excluding hydrogens is 384 g/mol. The van der Waals surface area contributed by atoms with E-state index in [1.807, 2.05) is 18.2 Å². The molecule has 1 fully saturated rings. The first-order valence-electron chi connectivity index (χ1n) is 8.08. The smallest absolute Gasteiger partial charge is 0.281 e. The Morgan fingerprint density at radius 3 is 2.68 bits per heavy atom. The maximum Gasteiger partial charge on any atom is 0.281 e. The van der Waals surface area contributed by atoms with Crippen molar-refractivity contribution in [2.24, 2.45) is 10.2 Å². The van der Waals surface area contributed by atoms with Crippen molar-refractivity contribution >= 4 is 27.3 Å². The number of benzene rings is 1. The van der Waals surface area contributed by atoms with Crippen LogP contribution in [0.1, 0.15) is 42.9 Å². The van der Waals surface area contributed by atoms with Crippen LogP contribution in [-0.4, -0.2) is 9.67 Å². The van der Waals surface area contributed by atoms with Crippen LogP contribution in [0.25, 0.3) is 0 Å². The number of hydrogen-bond donors (Lipinski definition) is 1. The molecule has 0 radical (unpaired) electrons. The number of nitriles is 1. The monoisotopic (exact) mass is 400 g/mol. The third kappa shape index (κ3) is 3.35. The van der Waals surface area contributed by atoms with E-state index < -0.39 is 5.56 Å². The first-order valence-corrected chi connectivity index (χ1v) is 8.87. The summed E-state index contributed by atoms with van der Waals surface area (Å²) < 4.78 is 2.17. The zero-order valence-corrected chi connectivity index (χ0v) is 15.3. The van der Waals surface area contributed by atoms with Gasteiger partial charge < -0.3 is 5.11 Å². The zero-order chi connectivity index (χ0) is 18.0. The summed E-state index contributed by atoms with van der Waals surface area (Å²) in [6.45, 7) is 1.61. The molecule has 1 heterocycles. The van der Waals surface area contributed by atoms with Gasteiger partial charge in [0.15, 0.2) is 5.69 Å². The molecule has 3 rings (SSSR count). The number of pyridine rings is 1. The molecule has 6 nitrogen and oxygen atoms in total. The van der Waals surface area contributed by atoms with Crippen molar-refractivity contribution in [3.8, 4) is 11.9 Å². The molecule has 2 aromatic rings. The fraction of sp³-hybridized carbons (Fsp3) is 0.333. The van der Waals surface area contributed by atoms with Gasteiger partial charge in [0.2, 0.25) is 5.88 Å². The second-order valence-electron chi connectivity index (χ2n) is 6.08. The molecular formula is C18H17BrN4O2. The minimum Gasteiger partial charge on any atom is -0.493 e. The Labute approximate surface area is 153 Å². The lowest BCUT2D eigenvalue weighted by Gasteiger charge is -2.18. The van der Waals surface area contributed by atoms with Gasteiger partial charge in [-0.1, -0.05) is 34.8 Å². The van der Waals surface area contributed by atoms with Crippen LogP contribution >= 0.6 is 15.9 Å². The summed E-state index contributed by atoms with van der Waals surface area (Å²) in [4.78, 5) is 12.9. The predicted molar refractivity (Wildman–Crippen MR) is 97.6 cm³/mol. The topological polar surface area (TPSA) is 90.7 Å². The van der Waals surface area contributed by atoms with Crippen molar-refractivity contribution in [1.29, 1.82) is 5.26 Å². The Bertz CT molecular complexity index is 937. The van der Waals surface area contributed by atoms with Gasteiger partial charge in [-0.25, -0.2) is 0 Å². The molecule has 1 N–H and O–H groups in total. The summed E-state index contributed by atoms with van der Waals surface area (Å²) >= 11 is 3.36. The van der Waals surface area contributed by atoms with Crippen LogP contribution in [0, 0.1) is 18.3 Å². The van der Waals surface area contributed by atoms with E-state index in [1.54, 1.807) is 19.1 Å². The summed E-state index contributed by atoms with van der Waals surface area (Å²) in [6.07, 6.45) is 3.62. The standard InChI is InChI=1S/C18H17BrN4O2/c1-11-15(10-20)17(24)23(14-7-2-3-8-14)18(25)16(11)22-21-13-6-4-5-12(19)9-13/h4-6,9,14,24H,2-3,7-8H2,1H3. The van der Waals surface area contributed by atoms with Crippen molar-refractivity contribution in [2.75, 3.05) is 0 Å². The van der Waals surface area contributed by atoms with Gasteiger partial charge in [-0.2, -0.15) is 10.4 Å². The summed E-state index contributed by atoms with van der Waals surface area (Å²) in [5.74, 6) is -0.265. The number of azo groups is 1. The van der Waals surface area contributed by atoms with E-state index in [-0.39, 0.29) is 23.2 Å². The van der Waals surface area contributed by atoms with Gasteiger partial charge in [0.05, 0.1) is 5.69 Å². The van der Waals surface area contributed by atoms with E-state index in [4.69, 9.17) is 0 Å². The Hall–Kier alpha value is -2.46. The Morgan fingerprint density at radius 2 is 2.04 bits per heavy atom. The van der Waals surface area contributed by atoms with Crippen LogP contribution in [-0.2, 0) is 0 Å². The zero-order valence-electron chi connectivity index (χ0n) is 13.7. The highest BCUT2D eigenvalue weighted by Crippen LogP contribution is 2.35. The number of aromatic nitrogens is 1. The fourth-order valence-corrected chi connectivity index (χ4v) is 3.56. The molecule has 1 saturated carbocycles. The van der Waals surface area contributed by atoms with Crippen LogP contribution in [0.5, 0.6) is 5.88 Å². The molecule has 0 atom stereocenters. The molecule has 0 amide bonds. The molecule has 1 aromatic carbocycles. The lowest BCUT2D eigenvalue weighted by Crippen LogP contribution is -2.24. The Kier molecular flexibility index (Phi) is 5.00. The van der Waals surface area contributed by atoms with Crippen LogP contribution in [0.2, 0.25) is 0 Å². The highest BCUT2D eigenvalue weighted by molar-refractivity contribution is 9.10. The van der Waals surface area contributed by atoms with Gasteiger partial charge in [0, 0.05) is 16.1 Å². The van der Waals surface area contributed by atoms with Gasteiger partial charge in [-0.3, -0.25) is 9.36 Å². The van der Waals surface area contributed by atoms with Crippen molar-refractivity contribution < 1.29 is 5.11 Å². The molecule has 0 unspecified atom stereocenters. The largest absolute Gasteiger partial charge is 0.493 e. The number of halogens is 1. The van der Waals surface area contributed by atoms with Crippen molar-refractivity contribution in [3.05, 3.63) is 50.2 Å². The molecule has 0 bridgehead atoms. The van der Waals surface area contributed by atoms with E-state index in [2.05, 4.69) is 26.2 Å². The molecule has 1 aliphatic rings. The highest BCUT2D eigenvalue weighted by Gasteiger charge is 2.26. The second kappa shape index (κ2) is 7.19. The first-order chi connectivity index (χ1) is 12.0. The maximum atomic E-state index is 12.9. The number of nitrogens with zero attached hydrogens (tertiary/aromatic N) is 4. The quantitative estimate of drug-likeness (QED) is 0.732. The Morgan fingerprint density at radius 1 is 1.32 bits per heavy atom. The maximum absolute atomic E-state index is 12.9. The lowest BCUT2D eigenvalue weighted by atomic mass is 10.1. The molecule has 0 saturated heterocycles. The van der Waals surface area contributed by atoms with Crippen molar-refractivity contribution in [1.82, 2.24) is 4.57 Å². The summed E-state index contributed by atoms with van der Waals surface area (Å²) in [5, 5.41) is 28.0. The number of rotatable bonds is 3. The molecule has 0 aliphatic heterocycles. The minimum atomic E-state index is -0.403. The van der Waals surface area contributed by atoms with Crippen LogP contribution in [0.4, 0.5) is 11.4 Å². The normalized spacial score (nSPS) is 14.9. The second-order valence-corrected chi connectivity index (χ2v) is 6.99. The molecule has 0 spiro atoms. The summed E-state index contributed by atoms with van der Waals surface area (Å²) in [6, 6.07) is 9.12. The predicted octanol–water partition coefficient (Wildman–Crippen LogP) is 5.03. The molecule has 1 aromatic heterocycles. The van der Waals surface area contributed by atoms with Crippen molar-refractivity contribution in [2.45, 2.75) is 38.6 Å². The number of aromatic hydroxyl groups is 1. The van der Waals surface area contributed by atoms with Crippen LogP contribution in [0.3, 0.4) is 0 Å². The minimum absolute atomic E-state index is 0.0784. The summed E-state index contributed by atoms with van der Waals surface area (Å²) in [7, 11) is 0.